The maximum absolute atomic E-state index is 11.9. The number of nitrogens with one attached hydrogen (secondary N) is 1. The van der Waals surface area contributed by atoms with Crippen LogP contribution in [0, 0.1) is 0 Å². The molecule has 2 aliphatic rings. The number of nitrogens with zero attached hydrogens (tertiary/aromatic N) is 4. The largest absolute Gasteiger partial charge is 0.467 e. The average Bonchev–Trinajstić information content (AvgIpc) is 3.39. The molecule has 0 aromatic carbocycles. The van der Waals surface area contributed by atoms with Gasteiger partial charge < -0.3 is 9.64 Å². The molecule has 0 radical (unpaired) electrons. The summed E-state index contributed by atoms with van der Waals surface area (Å²) in [4.78, 5) is 14.9. The van der Waals surface area contributed by atoms with E-state index in [4.69, 9.17) is 4.74 Å². The van der Waals surface area contributed by atoms with Gasteiger partial charge in [-0.2, -0.15) is 15.0 Å². The molecule has 0 amide bonds. The van der Waals surface area contributed by atoms with Crippen LogP contribution in [0.2, 0.25) is 0 Å². The molecular weight excluding hydrogens is 306 g/mol. The number of methoxy groups -OCH3 is 1. The smallest absolute Gasteiger partial charge is 0.321 e. The van der Waals surface area contributed by atoms with E-state index in [0.717, 1.165) is 38.8 Å². The van der Waals surface area contributed by atoms with Crippen LogP contribution in [0.15, 0.2) is 0 Å². The van der Waals surface area contributed by atoms with Gasteiger partial charge in [-0.25, -0.2) is 13.1 Å². The Morgan fingerprint density at radius 1 is 1.18 bits per heavy atom. The predicted octanol–water partition coefficient (Wildman–Crippen LogP) is 0.452. The second-order valence-corrected chi connectivity index (χ2v) is 7.70. The normalized spacial score (nSPS) is 19.2. The van der Waals surface area contributed by atoms with Crippen LogP contribution in [0.25, 0.3) is 0 Å². The third-order valence-electron chi connectivity index (χ3n) is 3.87. The summed E-state index contributed by atoms with van der Waals surface area (Å²) < 4.78 is 31.4. The van der Waals surface area contributed by atoms with Crippen molar-refractivity contribution in [2.45, 2.75) is 43.9 Å². The fourth-order valence-electron chi connectivity index (χ4n) is 2.45. The highest BCUT2D eigenvalue weighted by molar-refractivity contribution is 7.90. The SMILES string of the molecule is COc1nc(CNS(=O)(=O)C2CC2)nc(N2CCCCC2)n1. The maximum Gasteiger partial charge on any atom is 0.321 e. The van der Waals surface area contributed by atoms with E-state index in [-0.39, 0.29) is 17.8 Å². The first-order valence-corrected chi connectivity index (χ1v) is 9.15. The molecule has 0 unspecified atom stereocenters. The molecule has 1 aromatic rings. The number of sulfonamides is 1. The van der Waals surface area contributed by atoms with Crippen LogP contribution < -0.4 is 14.4 Å². The van der Waals surface area contributed by atoms with Crippen molar-refractivity contribution in [2.24, 2.45) is 0 Å². The van der Waals surface area contributed by atoms with E-state index >= 15 is 0 Å². The molecule has 1 saturated heterocycles. The Hall–Kier alpha value is -1.48. The topological polar surface area (TPSA) is 97.3 Å². The van der Waals surface area contributed by atoms with Gasteiger partial charge in [-0.05, 0) is 32.1 Å². The summed E-state index contributed by atoms with van der Waals surface area (Å²) in [5, 5.41) is -0.252. The van der Waals surface area contributed by atoms with E-state index in [1.165, 1.54) is 13.5 Å². The standard InChI is InChI=1S/C13H21N5O3S/c1-21-13-16-11(9-14-22(19,20)10-5-6-10)15-12(17-13)18-7-3-2-4-8-18/h10,14H,2-9H2,1H3. The summed E-state index contributed by atoms with van der Waals surface area (Å²) in [6.07, 6.45) is 4.89. The molecule has 9 heteroatoms. The highest BCUT2D eigenvalue weighted by Gasteiger charge is 2.35. The van der Waals surface area contributed by atoms with E-state index in [0.29, 0.717) is 11.8 Å². The Bertz CT molecular complexity index is 627. The highest BCUT2D eigenvalue weighted by Crippen LogP contribution is 2.27. The second kappa shape index (κ2) is 6.33. The molecule has 1 saturated carbocycles. The second-order valence-electron chi connectivity index (χ2n) is 5.65. The van der Waals surface area contributed by atoms with Crippen LogP contribution >= 0.6 is 0 Å². The lowest BCUT2D eigenvalue weighted by Crippen LogP contribution is -2.32. The van der Waals surface area contributed by atoms with Crippen LogP contribution in [0.3, 0.4) is 0 Å². The van der Waals surface area contributed by atoms with Gasteiger partial charge in [0.15, 0.2) is 5.82 Å². The van der Waals surface area contributed by atoms with Gasteiger partial charge in [0.05, 0.1) is 18.9 Å². The first-order chi connectivity index (χ1) is 10.6. The fraction of sp³-hybridized carbons (Fsp3) is 0.769. The predicted molar refractivity (Wildman–Crippen MR) is 81.2 cm³/mol. The minimum atomic E-state index is -3.25. The van der Waals surface area contributed by atoms with Crippen molar-refractivity contribution in [1.82, 2.24) is 19.7 Å². The summed E-state index contributed by atoms with van der Waals surface area (Å²) in [6.45, 7) is 1.87. The third-order valence-corrected chi connectivity index (χ3v) is 5.76. The molecule has 122 valence electrons. The lowest BCUT2D eigenvalue weighted by Gasteiger charge is -2.26. The Morgan fingerprint density at radius 3 is 2.55 bits per heavy atom. The molecule has 1 aromatic heterocycles. The van der Waals surface area contributed by atoms with Gasteiger partial charge >= 0.3 is 6.01 Å². The maximum atomic E-state index is 11.9. The Kier molecular flexibility index (Phi) is 4.44. The summed E-state index contributed by atoms with van der Waals surface area (Å²) in [6, 6.07) is 0.219. The van der Waals surface area contributed by atoms with Gasteiger partial charge in [-0.3, -0.25) is 0 Å². The number of ether oxygens (including phenoxy) is 1. The van der Waals surface area contributed by atoms with Crippen LogP contribution in [0.5, 0.6) is 6.01 Å². The van der Waals surface area contributed by atoms with Crippen molar-refractivity contribution >= 4 is 16.0 Å². The number of aromatic nitrogens is 3. The van der Waals surface area contributed by atoms with Gasteiger partial charge in [0, 0.05) is 13.1 Å². The average molecular weight is 327 g/mol. The zero-order valence-electron chi connectivity index (χ0n) is 12.7. The Balaban J connectivity index is 1.74. The monoisotopic (exact) mass is 327 g/mol. The molecule has 0 atom stereocenters. The van der Waals surface area contributed by atoms with Crippen molar-refractivity contribution in [3.8, 4) is 6.01 Å². The molecule has 1 N–H and O–H groups in total. The zero-order valence-corrected chi connectivity index (χ0v) is 13.5. The summed E-state index contributed by atoms with van der Waals surface area (Å²) in [7, 11) is -1.75. The third kappa shape index (κ3) is 3.64. The van der Waals surface area contributed by atoms with Crippen molar-refractivity contribution in [1.29, 1.82) is 0 Å². The quantitative estimate of drug-likeness (QED) is 0.810. The first-order valence-electron chi connectivity index (χ1n) is 7.61. The molecule has 1 aliphatic carbocycles. The van der Waals surface area contributed by atoms with Gasteiger partial charge in [0.1, 0.15) is 0 Å². The van der Waals surface area contributed by atoms with Gasteiger partial charge in [-0.1, -0.05) is 0 Å². The van der Waals surface area contributed by atoms with E-state index in [1.54, 1.807) is 0 Å². The molecule has 8 nitrogen and oxygen atoms in total. The minimum absolute atomic E-state index is 0.0680. The zero-order chi connectivity index (χ0) is 15.6. The number of hydrogen-bond donors (Lipinski definition) is 1. The van der Waals surface area contributed by atoms with Gasteiger partial charge in [-0.15, -0.1) is 0 Å². The lowest BCUT2D eigenvalue weighted by molar-refractivity contribution is 0.374. The number of anilines is 1. The van der Waals surface area contributed by atoms with Gasteiger partial charge in [0.2, 0.25) is 16.0 Å². The Morgan fingerprint density at radius 2 is 1.91 bits per heavy atom. The number of piperidine rings is 1. The number of rotatable bonds is 6. The van der Waals surface area contributed by atoms with E-state index in [2.05, 4.69) is 24.6 Å². The first kappa shape index (κ1) is 15.4. The molecule has 3 rings (SSSR count). The fourth-order valence-corrected chi connectivity index (χ4v) is 3.78. The van der Waals surface area contributed by atoms with Crippen molar-refractivity contribution in [3.05, 3.63) is 5.82 Å². The number of hydrogen-bond acceptors (Lipinski definition) is 7. The van der Waals surface area contributed by atoms with Gasteiger partial charge in [0.25, 0.3) is 0 Å². The molecule has 2 fully saturated rings. The lowest BCUT2D eigenvalue weighted by atomic mass is 10.1. The highest BCUT2D eigenvalue weighted by atomic mass is 32.2. The molecule has 0 spiro atoms. The van der Waals surface area contributed by atoms with Crippen LogP contribution in [0.4, 0.5) is 5.95 Å². The van der Waals surface area contributed by atoms with Crippen molar-refractivity contribution in [2.75, 3.05) is 25.1 Å². The minimum Gasteiger partial charge on any atom is -0.467 e. The van der Waals surface area contributed by atoms with E-state index in [9.17, 15) is 8.42 Å². The summed E-state index contributed by atoms with van der Waals surface area (Å²) in [5.41, 5.74) is 0. The van der Waals surface area contributed by atoms with Crippen molar-refractivity contribution < 1.29 is 13.2 Å². The molecule has 1 aliphatic heterocycles. The van der Waals surface area contributed by atoms with E-state index < -0.39 is 10.0 Å². The van der Waals surface area contributed by atoms with Crippen molar-refractivity contribution in [3.63, 3.8) is 0 Å². The summed E-state index contributed by atoms with van der Waals surface area (Å²) in [5.74, 6) is 0.948. The van der Waals surface area contributed by atoms with Crippen LogP contribution in [-0.4, -0.2) is 48.8 Å². The Labute approximate surface area is 130 Å². The molecular formula is C13H21N5O3S. The van der Waals surface area contributed by atoms with Crippen LogP contribution in [-0.2, 0) is 16.6 Å². The molecule has 22 heavy (non-hydrogen) atoms. The van der Waals surface area contributed by atoms with Crippen LogP contribution in [0.1, 0.15) is 37.9 Å². The molecule has 2 heterocycles. The van der Waals surface area contributed by atoms with E-state index in [1.807, 2.05) is 0 Å². The summed E-state index contributed by atoms with van der Waals surface area (Å²) >= 11 is 0. The molecule has 0 bridgehead atoms.